The van der Waals surface area contributed by atoms with Crippen LogP contribution in [-0.2, 0) is 10.0 Å². The first-order valence-corrected chi connectivity index (χ1v) is 7.10. The van der Waals surface area contributed by atoms with Crippen molar-refractivity contribution in [3.8, 4) is 0 Å². The molecule has 0 aliphatic rings. The average molecular weight is 280 g/mol. The van der Waals surface area contributed by atoms with Gasteiger partial charge in [0.05, 0.1) is 11.4 Å². The largest absolute Gasteiger partial charge is 0.278 e. The number of rotatable bonds is 3. The van der Waals surface area contributed by atoms with Crippen LogP contribution in [0.3, 0.4) is 0 Å². The Balaban J connectivity index is 2.40. The van der Waals surface area contributed by atoms with E-state index in [2.05, 4.69) is 9.71 Å². The number of halogens is 1. The number of sulfonamides is 1. The minimum Gasteiger partial charge on any atom is -0.278 e. The molecule has 0 saturated carbocycles. The summed E-state index contributed by atoms with van der Waals surface area (Å²) >= 11 is 0. The number of hydrogen-bond acceptors (Lipinski definition) is 3. The van der Waals surface area contributed by atoms with E-state index in [-0.39, 0.29) is 4.90 Å². The normalized spacial score (nSPS) is 11.3. The van der Waals surface area contributed by atoms with Gasteiger partial charge in [-0.25, -0.2) is 12.8 Å². The Morgan fingerprint density at radius 2 is 1.79 bits per heavy atom. The smallest absolute Gasteiger partial charge is 0.264 e. The Morgan fingerprint density at radius 1 is 1.11 bits per heavy atom. The van der Waals surface area contributed by atoms with Crippen LogP contribution in [0, 0.1) is 19.7 Å². The molecule has 0 spiro atoms. The zero-order valence-electron chi connectivity index (χ0n) is 10.5. The number of aromatic nitrogens is 1. The molecule has 1 heterocycles. The molecule has 100 valence electrons. The predicted molar refractivity (Wildman–Crippen MR) is 70.9 cm³/mol. The van der Waals surface area contributed by atoms with Crippen molar-refractivity contribution >= 4 is 15.7 Å². The first-order chi connectivity index (χ1) is 8.90. The minimum absolute atomic E-state index is 0.342. The summed E-state index contributed by atoms with van der Waals surface area (Å²) in [5, 5.41) is 0. The van der Waals surface area contributed by atoms with E-state index in [0.29, 0.717) is 11.4 Å². The van der Waals surface area contributed by atoms with Crippen LogP contribution in [-0.4, -0.2) is 13.4 Å². The third-order valence-corrected chi connectivity index (χ3v) is 3.99. The second-order valence-corrected chi connectivity index (χ2v) is 5.77. The van der Waals surface area contributed by atoms with Gasteiger partial charge in [0.1, 0.15) is 10.7 Å². The fraction of sp³-hybridized carbons (Fsp3) is 0.154. The molecule has 0 bridgehead atoms. The van der Waals surface area contributed by atoms with Crippen molar-refractivity contribution in [3.05, 3.63) is 53.6 Å². The van der Waals surface area contributed by atoms with Crippen molar-refractivity contribution in [1.82, 2.24) is 4.98 Å². The summed E-state index contributed by atoms with van der Waals surface area (Å²) in [5.74, 6) is -0.785. The third kappa shape index (κ3) is 2.90. The summed E-state index contributed by atoms with van der Waals surface area (Å²) in [6, 6.07) is 8.52. The zero-order chi connectivity index (χ0) is 14.0. The number of nitrogens with one attached hydrogen (secondary N) is 1. The van der Waals surface area contributed by atoms with Crippen LogP contribution in [0.15, 0.2) is 41.3 Å². The van der Waals surface area contributed by atoms with E-state index in [1.54, 1.807) is 19.1 Å². The molecule has 0 unspecified atom stereocenters. The fourth-order valence-electron chi connectivity index (χ4n) is 1.66. The van der Waals surface area contributed by atoms with Gasteiger partial charge in [0.25, 0.3) is 10.0 Å². The molecule has 0 saturated heterocycles. The Morgan fingerprint density at radius 3 is 2.42 bits per heavy atom. The molecule has 4 nitrogen and oxygen atoms in total. The molecule has 0 fully saturated rings. The van der Waals surface area contributed by atoms with E-state index >= 15 is 0 Å². The van der Waals surface area contributed by atoms with Crippen molar-refractivity contribution in [2.24, 2.45) is 0 Å². The van der Waals surface area contributed by atoms with Crippen molar-refractivity contribution in [2.75, 3.05) is 4.72 Å². The lowest BCUT2D eigenvalue weighted by Gasteiger charge is -2.10. The quantitative estimate of drug-likeness (QED) is 0.940. The number of nitrogens with zero attached hydrogens (tertiary/aromatic N) is 1. The Hall–Kier alpha value is -1.95. The molecule has 2 rings (SSSR count). The molecule has 19 heavy (non-hydrogen) atoms. The average Bonchev–Trinajstić information content (AvgIpc) is 2.33. The van der Waals surface area contributed by atoms with E-state index in [1.165, 1.54) is 18.2 Å². The van der Waals surface area contributed by atoms with Crippen LogP contribution >= 0.6 is 0 Å². The van der Waals surface area contributed by atoms with Crippen molar-refractivity contribution in [1.29, 1.82) is 0 Å². The van der Waals surface area contributed by atoms with Gasteiger partial charge in [0, 0.05) is 5.69 Å². The molecule has 6 heteroatoms. The number of anilines is 1. The third-order valence-electron chi connectivity index (χ3n) is 2.60. The number of benzene rings is 1. The van der Waals surface area contributed by atoms with Crippen molar-refractivity contribution in [2.45, 2.75) is 18.7 Å². The number of aryl methyl sites for hydroxylation is 2. The molecule has 0 aliphatic heterocycles. The molecule has 0 radical (unpaired) electrons. The van der Waals surface area contributed by atoms with E-state index in [1.807, 2.05) is 6.92 Å². The zero-order valence-corrected chi connectivity index (χ0v) is 11.3. The van der Waals surface area contributed by atoms with E-state index in [4.69, 9.17) is 0 Å². The van der Waals surface area contributed by atoms with Crippen molar-refractivity contribution in [3.63, 3.8) is 0 Å². The fourth-order valence-corrected chi connectivity index (χ4v) is 2.85. The highest BCUT2D eigenvalue weighted by atomic mass is 32.2. The summed E-state index contributed by atoms with van der Waals surface area (Å²) in [7, 11) is -3.94. The first kappa shape index (κ1) is 13.5. The molecular weight excluding hydrogens is 267 g/mol. The van der Waals surface area contributed by atoms with Crippen LogP contribution < -0.4 is 4.72 Å². The molecule has 1 aromatic heterocycles. The summed E-state index contributed by atoms with van der Waals surface area (Å²) in [6.45, 7) is 3.49. The molecule has 0 amide bonds. The summed E-state index contributed by atoms with van der Waals surface area (Å²) in [5.41, 5.74) is 1.67. The maximum absolute atomic E-state index is 13.5. The second kappa shape index (κ2) is 4.97. The Bertz CT molecular complexity index is 714. The summed E-state index contributed by atoms with van der Waals surface area (Å²) < 4.78 is 40.0. The Labute approximate surface area is 111 Å². The van der Waals surface area contributed by atoms with Crippen LogP contribution in [0.25, 0.3) is 0 Å². The molecule has 2 aromatic rings. The summed E-state index contributed by atoms with van der Waals surface area (Å²) in [4.78, 5) is 3.77. The van der Waals surface area contributed by atoms with Gasteiger partial charge < -0.3 is 0 Å². The maximum atomic E-state index is 13.5. The maximum Gasteiger partial charge on any atom is 0.264 e. The predicted octanol–water partition coefficient (Wildman–Crippen LogP) is 2.64. The van der Waals surface area contributed by atoms with Gasteiger partial charge in [-0.2, -0.15) is 0 Å². The van der Waals surface area contributed by atoms with Gasteiger partial charge in [0.15, 0.2) is 0 Å². The lowest BCUT2D eigenvalue weighted by molar-refractivity contribution is 0.570. The lowest BCUT2D eigenvalue weighted by atomic mass is 10.3. The van der Waals surface area contributed by atoms with Gasteiger partial charge in [-0.1, -0.05) is 12.1 Å². The number of pyridine rings is 1. The van der Waals surface area contributed by atoms with E-state index in [9.17, 15) is 12.8 Å². The van der Waals surface area contributed by atoms with Crippen molar-refractivity contribution < 1.29 is 12.8 Å². The highest BCUT2D eigenvalue weighted by Gasteiger charge is 2.19. The van der Waals surface area contributed by atoms with Gasteiger partial charge in [0.2, 0.25) is 0 Å². The summed E-state index contributed by atoms with van der Waals surface area (Å²) in [6.07, 6.45) is 0. The molecule has 0 atom stereocenters. The SMILES string of the molecule is Cc1ccc(NS(=O)(=O)c2ccccc2F)c(C)n1. The number of hydrogen-bond donors (Lipinski definition) is 1. The molecular formula is C13H13FN2O2S. The van der Waals surface area contributed by atoms with Crippen LogP contribution in [0.5, 0.6) is 0 Å². The molecule has 1 aromatic carbocycles. The van der Waals surface area contributed by atoms with Crippen LogP contribution in [0.4, 0.5) is 10.1 Å². The van der Waals surface area contributed by atoms with Gasteiger partial charge in [-0.3, -0.25) is 9.71 Å². The lowest BCUT2D eigenvalue weighted by Crippen LogP contribution is -2.15. The topological polar surface area (TPSA) is 59.1 Å². The molecule has 1 N–H and O–H groups in total. The molecule has 0 aliphatic carbocycles. The Kier molecular flexibility index (Phi) is 3.53. The second-order valence-electron chi connectivity index (χ2n) is 4.12. The minimum atomic E-state index is -3.94. The van der Waals surface area contributed by atoms with Crippen LogP contribution in [0.1, 0.15) is 11.4 Å². The first-order valence-electron chi connectivity index (χ1n) is 5.62. The van der Waals surface area contributed by atoms with Crippen LogP contribution in [0.2, 0.25) is 0 Å². The van der Waals surface area contributed by atoms with Gasteiger partial charge in [-0.15, -0.1) is 0 Å². The van der Waals surface area contributed by atoms with E-state index < -0.39 is 15.8 Å². The highest BCUT2D eigenvalue weighted by Crippen LogP contribution is 2.20. The van der Waals surface area contributed by atoms with E-state index in [0.717, 1.165) is 11.8 Å². The monoisotopic (exact) mass is 280 g/mol. The van der Waals surface area contributed by atoms with Gasteiger partial charge >= 0.3 is 0 Å². The highest BCUT2D eigenvalue weighted by molar-refractivity contribution is 7.92. The van der Waals surface area contributed by atoms with Gasteiger partial charge in [-0.05, 0) is 38.1 Å². The standard InChI is InChI=1S/C13H13FN2O2S/c1-9-7-8-12(10(2)15-9)16-19(17,18)13-6-4-3-5-11(13)14/h3-8,16H,1-2H3.